The Labute approximate surface area is 106 Å². The fourth-order valence-corrected chi connectivity index (χ4v) is 2.59. The van der Waals surface area contributed by atoms with Crippen molar-refractivity contribution >= 4 is 44.4 Å². The van der Waals surface area contributed by atoms with E-state index >= 15 is 0 Å². The smallest absolute Gasteiger partial charge is 0.340 e. The maximum Gasteiger partial charge on any atom is 0.340 e. The second-order valence-corrected chi connectivity index (χ2v) is 4.66. The highest BCUT2D eigenvalue weighted by atomic mass is 79.9. The van der Waals surface area contributed by atoms with Crippen LogP contribution < -0.4 is 0 Å². The third-order valence-electron chi connectivity index (χ3n) is 2.43. The Balaban J connectivity index is 2.88. The number of rotatable bonds is 1. The van der Waals surface area contributed by atoms with Gasteiger partial charge in [-0.05, 0) is 28.1 Å². The van der Waals surface area contributed by atoms with Crippen molar-refractivity contribution < 1.29 is 9.53 Å². The molecule has 1 aromatic heterocycles. The molecule has 0 bridgehead atoms. The molecular formula is C11H9BrClNO2. The molecule has 0 aliphatic carbocycles. The molecule has 0 radical (unpaired) electrons. The van der Waals surface area contributed by atoms with Crippen molar-refractivity contribution in [2.75, 3.05) is 7.11 Å². The van der Waals surface area contributed by atoms with Crippen molar-refractivity contribution in [1.82, 2.24) is 4.57 Å². The molecule has 1 aromatic carbocycles. The molecular weight excluding hydrogens is 293 g/mol. The molecule has 5 heteroatoms. The Morgan fingerprint density at radius 1 is 1.50 bits per heavy atom. The molecule has 0 saturated heterocycles. The van der Waals surface area contributed by atoms with Crippen LogP contribution >= 0.6 is 27.5 Å². The van der Waals surface area contributed by atoms with Gasteiger partial charge in [0, 0.05) is 23.1 Å². The van der Waals surface area contributed by atoms with Crippen molar-refractivity contribution in [3.05, 3.63) is 33.4 Å². The number of fused-ring (bicyclic) bond motifs is 1. The molecule has 0 aliphatic rings. The summed E-state index contributed by atoms with van der Waals surface area (Å²) in [7, 11) is 3.21. The number of aromatic nitrogens is 1. The Hall–Kier alpha value is -1.00. The van der Waals surface area contributed by atoms with Crippen LogP contribution in [0.3, 0.4) is 0 Å². The van der Waals surface area contributed by atoms with Gasteiger partial charge in [0.25, 0.3) is 0 Å². The minimum atomic E-state index is -0.384. The number of methoxy groups -OCH3 is 1. The van der Waals surface area contributed by atoms with E-state index in [1.54, 1.807) is 12.3 Å². The number of benzene rings is 1. The van der Waals surface area contributed by atoms with Crippen molar-refractivity contribution in [2.45, 2.75) is 0 Å². The number of carbonyl (C=O) groups is 1. The van der Waals surface area contributed by atoms with E-state index in [1.165, 1.54) is 7.11 Å². The highest BCUT2D eigenvalue weighted by Gasteiger charge is 2.18. The van der Waals surface area contributed by atoms with Gasteiger partial charge in [0.1, 0.15) is 0 Å². The summed E-state index contributed by atoms with van der Waals surface area (Å²) in [6.45, 7) is 0. The fourth-order valence-electron chi connectivity index (χ4n) is 1.73. The topological polar surface area (TPSA) is 31.2 Å². The van der Waals surface area contributed by atoms with Crippen molar-refractivity contribution in [3.63, 3.8) is 0 Å². The van der Waals surface area contributed by atoms with Gasteiger partial charge in [0.05, 0.1) is 23.2 Å². The third-order valence-corrected chi connectivity index (χ3v) is 3.38. The molecule has 0 amide bonds. The summed E-state index contributed by atoms with van der Waals surface area (Å²) in [6.07, 6.45) is 1.72. The van der Waals surface area contributed by atoms with E-state index in [0.717, 1.165) is 9.99 Å². The Morgan fingerprint density at radius 3 is 2.81 bits per heavy atom. The lowest BCUT2D eigenvalue weighted by atomic mass is 10.2. The third kappa shape index (κ3) is 1.62. The first kappa shape index (κ1) is 11.5. The van der Waals surface area contributed by atoms with Gasteiger partial charge >= 0.3 is 5.97 Å². The maximum absolute atomic E-state index is 11.6. The quantitative estimate of drug-likeness (QED) is 0.756. The highest BCUT2D eigenvalue weighted by molar-refractivity contribution is 9.10. The van der Waals surface area contributed by atoms with Gasteiger partial charge in [-0.25, -0.2) is 4.79 Å². The number of halogens is 2. The Kier molecular flexibility index (Phi) is 2.95. The SMILES string of the molecule is COC(=O)c1cn(C)c2c(Br)ccc(Cl)c12. The van der Waals surface area contributed by atoms with Gasteiger partial charge in [0.2, 0.25) is 0 Å². The molecule has 1 heterocycles. The predicted octanol–water partition coefficient (Wildman–Crippen LogP) is 3.38. The van der Waals surface area contributed by atoms with Gasteiger partial charge in [-0.1, -0.05) is 11.6 Å². The van der Waals surface area contributed by atoms with E-state index in [9.17, 15) is 4.79 Å². The maximum atomic E-state index is 11.6. The highest BCUT2D eigenvalue weighted by Crippen LogP contribution is 2.33. The normalized spacial score (nSPS) is 10.8. The van der Waals surface area contributed by atoms with E-state index < -0.39 is 0 Å². The van der Waals surface area contributed by atoms with Crippen molar-refractivity contribution in [3.8, 4) is 0 Å². The average Bonchev–Trinajstić information content (AvgIpc) is 2.62. The molecule has 2 aromatic rings. The molecule has 0 unspecified atom stereocenters. The van der Waals surface area contributed by atoms with Crippen molar-refractivity contribution in [1.29, 1.82) is 0 Å². The molecule has 3 nitrogen and oxygen atoms in total. The zero-order valence-corrected chi connectivity index (χ0v) is 11.1. The summed E-state index contributed by atoms with van der Waals surface area (Å²) < 4.78 is 7.46. The summed E-state index contributed by atoms with van der Waals surface area (Å²) >= 11 is 9.54. The van der Waals surface area contributed by atoms with Crippen molar-refractivity contribution in [2.24, 2.45) is 7.05 Å². The first-order valence-corrected chi connectivity index (χ1v) is 5.74. The van der Waals surface area contributed by atoms with E-state index in [1.807, 2.05) is 17.7 Å². The molecule has 0 atom stereocenters. The largest absolute Gasteiger partial charge is 0.465 e. The van der Waals surface area contributed by atoms with Crippen LogP contribution in [-0.2, 0) is 11.8 Å². The zero-order valence-electron chi connectivity index (χ0n) is 8.75. The number of hydrogen-bond acceptors (Lipinski definition) is 2. The van der Waals surface area contributed by atoms with Crippen LogP contribution in [0.5, 0.6) is 0 Å². The summed E-state index contributed by atoms with van der Waals surface area (Å²) in [5, 5.41) is 1.25. The number of carbonyl (C=O) groups excluding carboxylic acids is 1. The monoisotopic (exact) mass is 301 g/mol. The molecule has 0 spiro atoms. The minimum absolute atomic E-state index is 0.384. The molecule has 0 N–H and O–H groups in total. The van der Waals surface area contributed by atoms with Crippen LogP contribution in [0.4, 0.5) is 0 Å². The Bertz CT molecular complexity index is 577. The van der Waals surface area contributed by atoms with Crippen LogP contribution in [0.2, 0.25) is 5.02 Å². The lowest BCUT2D eigenvalue weighted by Crippen LogP contribution is -1.99. The summed E-state index contributed by atoms with van der Waals surface area (Å²) in [5.74, 6) is -0.384. The average molecular weight is 303 g/mol. The second kappa shape index (κ2) is 4.11. The standard InChI is InChI=1S/C11H9BrClNO2/c1-14-5-6(11(15)16-2)9-8(13)4-3-7(12)10(9)14/h3-5H,1-2H3. The Morgan fingerprint density at radius 2 is 2.19 bits per heavy atom. The lowest BCUT2D eigenvalue weighted by Gasteiger charge is -2.01. The van der Waals surface area contributed by atoms with Crippen LogP contribution in [-0.4, -0.2) is 17.6 Å². The van der Waals surface area contributed by atoms with Crippen LogP contribution in [0, 0.1) is 0 Å². The van der Waals surface area contributed by atoms with Gasteiger partial charge in [-0.3, -0.25) is 0 Å². The number of hydrogen-bond donors (Lipinski definition) is 0. The zero-order chi connectivity index (χ0) is 11.9. The van der Waals surface area contributed by atoms with E-state index in [2.05, 4.69) is 15.9 Å². The lowest BCUT2D eigenvalue weighted by molar-refractivity contribution is 0.0603. The molecule has 0 fully saturated rings. The molecule has 0 aliphatic heterocycles. The first-order chi connectivity index (χ1) is 7.56. The minimum Gasteiger partial charge on any atom is -0.465 e. The van der Waals surface area contributed by atoms with E-state index in [4.69, 9.17) is 16.3 Å². The molecule has 0 saturated carbocycles. The number of ether oxygens (including phenoxy) is 1. The van der Waals surface area contributed by atoms with Crippen LogP contribution in [0.25, 0.3) is 10.9 Å². The first-order valence-electron chi connectivity index (χ1n) is 4.57. The summed E-state index contributed by atoms with van der Waals surface area (Å²) in [4.78, 5) is 11.6. The number of nitrogens with zero attached hydrogens (tertiary/aromatic N) is 1. The van der Waals surface area contributed by atoms with Crippen LogP contribution in [0.15, 0.2) is 22.8 Å². The number of esters is 1. The fraction of sp³-hybridized carbons (Fsp3) is 0.182. The van der Waals surface area contributed by atoms with Crippen LogP contribution in [0.1, 0.15) is 10.4 Å². The predicted molar refractivity (Wildman–Crippen MR) is 67.0 cm³/mol. The van der Waals surface area contributed by atoms with Gasteiger partial charge in [0.15, 0.2) is 0 Å². The summed E-state index contributed by atoms with van der Waals surface area (Å²) in [6, 6.07) is 3.60. The second-order valence-electron chi connectivity index (χ2n) is 3.40. The van der Waals surface area contributed by atoms with Gasteiger partial charge < -0.3 is 9.30 Å². The molecule has 16 heavy (non-hydrogen) atoms. The van der Waals surface area contributed by atoms with E-state index in [0.29, 0.717) is 16.0 Å². The molecule has 2 rings (SSSR count). The summed E-state index contributed by atoms with van der Waals surface area (Å²) in [5.41, 5.74) is 1.36. The number of aryl methyl sites for hydroxylation is 1. The van der Waals surface area contributed by atoms with Gasteiger partial charge in [-0.15, -0.1) is 0 Å². The molecule has 84 valence electrons. The van der Waals surface area contributed by atoms with Gasteiger partial charge in [-0.2, -0.15) is 0 Å². The van der Waals surface area contributed by atoms with E-state index in [-0.39, 0.29) is 5.97 Å².